The Morgan fingerprint density at radius 3 is 2.79 bits per heavy atom. The summed E-state index contributed by atoms with van der Waals surface area (Å²) in [6.07, 6.45) is 1.88. The molecule has 2 aliphatic rings. The molecular weight excluding hydrogens is 304 g/mol. The van der Waals surface area contributed by atoms with Gasteiger partial charge in [0.05, 0.1) is 12.1 Å². The molecule has 2 fully saturated rings. The number of carbonyl (C=O) groups is 1. The number of rotatable bonds is 3. The van der Waals surface area contributed by atoms with Gasteiger partial charge in [0, 0.05) is 25.7 Å². The fourth-order valence-electron chi connectivity index (χ4n) is 3.64. The maximum Gasteiger partial charge on any atom is 0.408 e. The number of likely N-dealkylation sites (tertiary alicyclic amines) is 1. The molecule has 1 N–H and O–H groups in total. The van der Waals surface area contributed by atoms with E-state index in [2.05, 4.69) is 34.5 Å². The second-order valence-corrected chi connectivity index (χ2v) is 7.71. The second kappa shape index (κ2) is 7.11. The SMILES string of the molecule is CC(C)(C)OC(=O)N[C@H]1CN(Cc2ccccc2)C2CCCOC21. The number of hydrogen-bond donors (Lipinski definition) is 1. The summed E-state index contributed by atoms with van der Waals surface area (Å²) in [4.78, 5) is 14.6. The first kappa shape index (κ1) is 17.2. The summed E-state index contributed by atoms with van der Waals surface area (Å²) in [5.74, 6) is 0. The largest absolute Gasteiger partial charge is 0.444 e. The molecule has 132 valence electrons. The van der Waals surface area contributed by atoms with Crippen molar-refractivity contribution < 1.29 is 14.3 Å². The summed E-state index contributed by atoms with van der Waals surface area (Å²) in [5.41, 5.74) is 0.805. The summed E-state index contributed by atoms with van der Waals surface area (Å²) in [6.45, 7) is 8.09. The zero-order valence-electron chi connectivity index (χ0n) is 14.8. The zero-order valence-corrected chi connectivity index (χ0v) is 14.8. The topological polar surface area (TPSA) is 50.8 Å². The van der Waals surface area contributed by atoms with E-state index in [4.69, 9.17) is 9.47 Å². The highest BCUT2D eigenvalue weighted by Gasteiger charge is 2.44. The van der Waals surface area contributed by atoms with E-state index in [1.807, 2.05) is 26.8 Å². The summed E-state index contributed by atoms with van der Waals surface area (Å²) in [7, 11) is 0. The molecule has 0 bridgehead atoms. The third-order valence-corrected chi connectivity index (χ3v) is 4.56. The highest BCUT2D eigenvalue weighted by Crippen LogP contribution is 2.30. The van der Waals surface area contributed by atoms with Gasteiger partial charge in [-0.1, -0.05) is 30.3 Å². The molecule has 5 heteroatoms. The molecule has 0 aromatic heterocycles. The van der Waals surface area contributed by atoms with Gasteiger partial charge >= 0.3 is 6.09 Å². The van der Waals surface area contributed by atoms with Gasteiger partial charge < -0.3 is 14.8 Å². The number of amides is 1. The van der Waals surface area contributed by atoms with Crippen molar-refractivity contribution >= 4 is 6.09 Å². The summed E-state index contributed by atoms with van der Waals surface area (Å²) >= 11 is 0. The quantitative estimate of drug-likeness (QED) is 0.925. The van der Waals surface area contributed by atoms with Crippen molar-refractivity contribution in [2.75, 3.05) is 13.2 Å². The Hall–Kier alpha value is -1.59. The molecule has 1 aromatic rings. The maximum atomic E-state index is 12.1. The molecule has 24 heavy (non-hydrogen) atoms. The van der Waals surface area contributed by atoms with Crippen LogP contribution in [0.2, 0.25) is 0 Å². The number of hydrogen-bond acceptors (Lipinski definition) is 4. The third kappa shape index (κ3) is 4.28. The molecule has 5 nitrogen and oxygen atoms in total. The zero-order chi connectivity index (χ0) is 17.2. The Labute approximate surface area is 144 Å². The van der Waals surface area contributed by atoms with E-state index in [0.29, 0.717) is 6.04 Å². The Balaban J connectivity index is 1.66. The minimum atomic E-state index is -0.487. The number of carbonyl (C=O) groups excluding carboxylic acids is 1. The first-order chi connectivity index (χ1) is 11.4. The van der Waals surface area contributed by atoms with Crippen molar-refractivity contribution in [1.82, 2.24) is 10.2 Å². The van der Waals surface area contributed by atoms with Crippen LogP contribution in [0.15, 0.2) is 30.3 Å². The lowest BCUT2D eigenvalue weighted by Crippen LogP contribution is -2.48. The standard InChI is InChI=1S/C19H28N2O3/c1-19(2,3)24-18(22)20-15-13-21(12-14-8-5-4-6-9-14)16-10-7-11-23-17(15)16/h4-6,8-9,15-17H,7,10-13H2,1-3H3,(H,20,22)/t15-,16?,17?/m0/s1. The van der Waals surface area contributed by atoms with Gasteiger partial charge in [-0.05, 0) is 39.2 Å². The van der Waals surface area contributed by atoms with Crippen molar-refractivity contribution in [3.8, 4) is 0 Å². The molecule has 1 amide bonds. The number of benzene rings is 1. The van der Waals surface area contributed by atoms with Crippen LogP contribution in [0.1, 0.15) is 39.2 Å². The monoisotopic (exact) mass is 332 g/mol. The van der Waals surface area contributed by atoms with E-state index in [-0.39, 0.29) is 18.2 Å². The van der Waals surface area contributed by atoms with Gasteiger partial charge in [0.15, 0.2) is 0 Å². The molecule has 3 atom stereocenters. The Morgan fingerprint density at radius 1 is 1.33 bits per heavy atom. The second-order valence-electron chi connectivity index (χ2n) is 7.71. The van der Waals surface area contributed by atoms with E-state index in [1.54, 1.807) is 0 Å². The first-order valence-electron chi connectivity index (χ1n) is 8.81. The van der Waals surface area contributed by atoms with Crippen molar-refractivity contribution in [2.45, 2.75) is 63.9 Å². The van der Waals surface area contributed by atoms with Crippen LogP contribution in [0, 0.1) is 0 Å². The number of alkyl carbamates (subject to hydrolysis) is 1. The van der Waals surface area contributed by atoms with Gasteiger partial charge in [0.2, 0.25) is 0 Å². The molecule has 3 rings (SSSR count). The Morgan fingerprint density at radius 2 is 2.08 bits per heavy atom. The lowest BCUT2D eigenvalue weighted by atomic mass is 10.0. The minimum absolute atomic E-state index is 0.0196. The molecule has 0 spiro atoms. The van der Waals surface area contributed by atoms with E-state index in [9.17, 15) is 4.79 Å². The molecule has 2 unspecified atom stereocenters. The van der Waals surface area contributed by atoms with E-state index in [1.165, 1.54) is 5.56 Å². The predicted molar refractivity (Wildman–Crippen MR) is 92.8 cm³/mol. The number of nitrogens with one attached hydrogen (secondary N) is 1. The van der Waals surface area contributed by atoms with E-state index < -0.39 is 5.60 Å². The smallest absolute Gasteiger partial charge is 0.408 e. The van der Waals surface area contributed by atoms with Crippen LogP contribution in [0.4, 0.5) is 4.79 Å². The van der Waals surface area contributed by atoms with Crippen LogP contribution in [-0.2, 0) is 16.0 Å². The highest BCUT2D eigenvalue weighted by molar-refractivity contribution is 5.68. The van der Waals surface area contributed by atoms with E-state index >= 15 is 0 Å². The summed E-state index contributed by atoms with van der Waals surface area (Å²) in [5, 5.41) is 3.02. The van der Waals surface area contributed by atoms with E-state index in [0.717, 1.165) is 32.5 Å². The summed E-state index contributed by atoms with van der Waals surface area (Å²) in [6, 6.07) is 10.8. The van der Waals surface area contributed by atoms with Crippen molar-refractivity contribution in [3.05, 3.63) is 35.9 Å². The van der Waals surface area contributed by atoms with Crippen LogP contribution < -0.4 is 5.32 Å². The van der Waals surface area contributed by atoms with Crippen LogP contribution in [0.3, 0.4) is 0 Å². The number of nitrogens with zero attached hydrogens (tertiary/aromatic N) is 1. The third-order valence-electron chi connectivity index (χ3n) is 4.56. The Bertz CT molecular complexity index is 555. The van der Waals surface area contributed by atoms with Crippen molar-refractivity contribution in [1.29, 1.82) is 0 Å². The van der Waals surface area contributed by atoms with Crippen LogP contribution in [-0.4, -0.2) is 47.9 Å². The molecule has 2 aliphatic heterocycles. The molecule has 2 heterocycles. The summed E-state index contributed by atoms with van der Waals surface area (Å²) < 4.78 is 11.4. The lowest BCUT2D eigenvalue weighted by molar-refractivity contribution is -0.0236. The molecule has 0 saturated carbocycles. The van der Waals surface area contributed by atoms with Gasteiger partial charge in [-0.3, -0.25) is 4.90 Å². The number of fused-ring (bicyclic) bond motifs is 1. The van der Waals surface area contributed by atoms with Gasteiger partial charge in [0.25, 0.3) is 0 Å². The molecule has 0 aliphatic carbocycles. The van der Waals surface area contributed by atoms with Crippen LogP contribution in [0.25, 0.3) is 0 Å². The predicted octanol–water partition coefficient (Wildman–Crippen LogP) is 2.94. The van der Waals surface area contributed by atoms with Gasteiger partial charge in [0.1, 0.15) is 5.60 Å². The fraction of sp³-hybridized carbons (Fsp3) is 0.632. The molecular formula is C19H28N2O3. The molecule has 0 radical (unpaired) electrons. The maximum absolute atomic E-state index is 12.1. The normalized spacial score (nSPS) is 27.5. The Kier molecular flexibility index (Phi) is 5.11. The highest BCUT2D eigenvalue weighted by atomic mass is 16.6. The molecule has 1 aromatic carbocycles. The van der Waals surface area contributed by atoms with Crippen LogP contribution >= 0.6 is 0 Å². The first-order valence-corrected chi connectivity index (χ1v) is 8.81. The van der Waals surface area contributed by atoms with Crippen LogP contribution in [0.5, 0.6) is 0 Å². The average Bonchev–Trinajstić information content (AvgIpc) is 2.85. The van der Waals surface area contributed by atoms with Gasteiger partial charge in [-0.15, -0.1) is 0 Å². The van der Waals surface area contributed by atoms with Gasteiger partial charge in [-0.2, -0.15) is 0 Å². The molecule has 2 saturated heterocycles. The van der Waals surface area contributed by atoms with Crippen molar-refractivity contribution in [3.63, 3.8) is 0 Å². The van der Waals surface area contributed by atoms with Crippen molar-refractivity contribution in [2.24, 2.45) is 0 Å². The average molecular weight is 332 g/mol. The minimum Gasteiger partial charge on any atom is -0.444 e. The fourth-order valence-corrected chi connectivity index (χ4v) is 3.64. The number of ether oxygens (including phenoxy) is 2. The van der Waals surface area contributed by atoms with Gasteiger partial charge in [-0.25, -0.2) is 4.79 Å². The lowest BCUT2D eigenvalue weighted by Gasteiger charge is -2.32.